The summed E-state index contributed by atoms with van der Waals surface area (Å²) in [5.41, 5.74) is 0.910. The topological polar surface area (TPSA) is 52.6 Å². The second kappa shape index (κ2) is 6.63. The van der Waals surface area contributed by atoms with Gasteiger partial charge in [-0.05, 0) is 30.7 Å². The van der Waals surface area contributed by atoms with E-state index in [0.717, 1.165) is 24.0 Å². The number of ether oxygens (including phenoxy) is 2. The van der Waals surface area contributed by atoms with Gasteiger partial charge >= 0.3 is 11.9 Å². The van der Waals surface area contributed by atoms with Crippen molar-refractivity contribution in [2.45, 2.75) is 19.3 Å². The Balaban J connectivity index is 2.09. The van der Waals surface area contributed by atoms with E-state index in [9.17, 15) is 9.59 Å². The van der Waals surface area contributed by atoms with E-state index in [1.165, 1.54) is 14.2 Å². The third-order valence-electron chi connectivity index (χ3n) is 5.22. The molecule has 4 heteroatoms. The molecular weight excluding hydrogens is 304 g/mol. The van der Waals surface area contributed by atoms with Gasteiger partial charge < -0.3 is 9.47 Å². The van der Waals surface area contributed by atoms with Crippen molar-refractivity contribution in [3.63, 3.8) is 0 Å². The molecule has 2 aliphatic rings. The first-order valence-corrected chi connectivity index (χ1v) is 8.22. The van der Waals surface area contributed by atoms with E-state index < -0.39 is 17.4 Å². The summed E-state index contributed by atoms with van der Waals surface area (Å²) in [4.78, 5) is 25.2. The summed E-state index contributed by atoms with van der Waals surface area (Å²) < 4.78 is 10.0. The van der Waals surface area contributed by atoms with E-state index in [0.29, 0.717) is 6.42 Å². The van der Waals surface area contributed by atoms with Gasteiger partial charge in [0.05, 0.1) is 14.2 Å². The van der Waals surface area contributed by atoms with Gasteiger partial charge in [0.15, 0.2) is 5.41 Å². The molecule has 24 heavy (non-hydrogen) atoms. The van der Waals surface area contributed by atoms with Gasteiger partial charge in [-0.15, -0.1) is 0 Å². The summed E-state index contributed by atoms with van der Waals surface area (Å²) in [5, 5.41) is 0. The minimum atomic E-state index is -1.24. The predicted molar refractivity (Wildman–Crippen MR) is 90.9 cm³/mol. The van der Waals surface area contributed by atoms with Crippen LogP contribution in [-0.2, 0) is 19.1 Å². The lowest BCUT2D eigenvalue weighted by molar-refractivity contribution is -0.172. The van der Waals surface area contributed by atoms with Crippen molar-refractivity contribution in [2.75, 3.05) is 14.2 Å². The quantitative estimate of drug-likeness (QED) is 0.485. The van der Waals surface area contributed by atoms with Crippen molar-refractivity contribution >= 4 is 18.0 Å². The zero-order chi connectivity index (χ0) is 17.2. The van der Waals surface area contributed by atoms with Crippen LogP contribution < -0.4 is 0 Å². The molecule has 0 radical (unpaired) electrons. The summed E-state index contributed by atoms with van der Waals surface area (Å²) in [6, 6.07) is 9.95. The molecule has 126 valence electrons. The van der Waals surface area contributed by atoms with E-state index in [2.05, 4.69) is 18.2 Å². The van der Waals surface area contributed by atoms with Gasteiger partial charge in [0.25, 0.3) is 0 Å². The molecule has 1 aromatic carbocycles. The van der Waals surface area contributed by atoms with E-state index in [-0.39, 0.29) is 11.8 Å². The highest BCUT2D eigenvalue weighted by molar-refractivity contribution is 6.02. The number of rotatable bonds is 3. The molecule has 1 aromatic rings. The molecule has 2 aliphatic carbocycles. The predicted octanol–water partition coefficient (Wildman–Crippen LogP) is 3.39. The van der Waals surface area contributed by atoms with Crippen LogP contribution in [0.1, 0.15) is 24.8 Å². The average Bonchev–Trinajstić information content (AvgIpc) is 2.97. The van der Waals surface area contributed by atoms with Crippen LogP contribution in [0, 0.1) is 17.3 Å². The average molecular weight is 326 g/mol. The van der Waals surface area contributed by atoms with Crippen molar-refractivity contribution in [1.82, 2.24) is 0 Å². The Kier molecular flexibility index (Phi) is 4.56. The highest BCUT2D eigenvalue weighted by Crippen LogP contribution is 2.55. The molecule has 3 rings (SSSR count). The monoisotopic (exact) mass is 326 g/mol. The molecular formula is C20H22O4. The van der Waals surface area contributed by atoms with Crippen LogP contribution in [-0.4, -0.2) is 26.2 Å². The van der Waals surface area contributed by atoms with E-state index in [1.54, 1.807) is 0 Å². The zero-order valence-corrected chi connectivity index (χ0v) is 14.0. The first-order chi connectivity index (χ1) is 11.6. The second-order valence-corrected chi connectivity index (χ2v) is 6.40. The van der Waals surface area contributed by atoms with Gasteiger partial charge in [-0.1, -0.05) is 54.1 Å². The summed E-state index contributed by atoms with van der Waals surface area (Å²) in [6.45, 7) is 0. The first kappa shape index (κ1) is 16.5. The number of allylic oxidation sites excluding steroid dienone is 3. The van der Waals surface area contributed by atoms with Gasteiger partial charge in [0.1, 0.15) is 0 Å². The zero-order valence-electron chi connectivity index (χ0n) is 14.0. The number of methoxy groups -OCH3 is 2. The van der Waals surface area contributed by atoms with E-state index in [1.807, 2.05) is 30.3 Å². The maximum Gasteiger partial charge on any atom is 0.323 e. The Morgan fingerprint density at radius 1 is 1.12 bits per heavy atom. The number of fused-ring (bicyclic) bond motifs is 1. The highest BCUT2D eigenvalue weighted by Gasteiger charge is 2.61. The summed E-state index contributed by atoms with van der Waals surface area (Å²) in [7, 11) is 2.67. The van der Waals surface area contributed by atoms with Gasteiger partial charge in [0.2, 0.25) is 0 Å². The van der Waals surface area contributed by atoms with Crippen molar-refractivity contribution in [2.24, 2.45) is 17.3 Å². The molecule has 0 bridgehead atoms. The molecule has 0 spiro atoms. The van der Waals surface area contributed by atoms with Crippen molar-refractivity contribution in [3.8, 4) is 0 Å². The fourth-order valence-electron chi connectivity index (χ4n) is 4.14. The molecule has 1 fully saturated rings. The van der Waals surface area contributed by atoms with Gasteiger partial charge in [-0.25, -0.2) is 0 Å². The number of hydrogen-bond acceptors (Lipinski definition) is 4. The van der Waals surface area contributed by atoms with Crippen LogP contribution in [0.2, 0.25) is 0 Å². The second-order valence-electron chi connectivity index (χ2n) is 6.40. The highest BCUT2D eigenvalue weighted by atomic mass is 16.5. The Morgan fingerprint density at radius 2 is 1.79 bits per heavy atom. The summed E-state index contributed by atoms with van der Waals surface area (Å²) >= 11 is 0. The van der Waals surface area contributed by atoms with Gasteiger partial charge in [-0.3, -0.25) is 9.59 Å². The Labute approximate surface area is 142 Å². The maximum atomic E-state index is 12.6. The van der Waals surface area contributed by atoms with E-state index in [4.69, 9.17) is 9.47 Å². The first-order valence-electron chi connectivity index (χ1n) is 8.22. The fourth-order valence-corrected chi connectivity index (χ4v) is 4.14. The lowest BCUT2D eigenvalue weighted by Gasteiger charge is -2.32. The smallest absolute Gasteiger partial charge is 0.323 e. The number of carbonyl (C=O) groups is 2. The molecule has 0 amide bonds. The third kappa shape index (κ3) is 2.56. The Bertz CT molecular complexity index is 671. The Hall–Kier alpha value is -2.36. The number of carbonyl (C=O) groups excluding carboxylic acids is 2. The normalized spacial score (nSPS) is 26.0. The van der Waals surface area contributed by atoms with Crippen LogP contribution in [0.15, 0.2) is 48.1 Å². The van der Waals surface area contributed by atoms with Crippen molar-refractivity contribution in [3.05, 3.63) is 53.6 Å². The van der Waals surface area contributed by atoms with E-state index >= 15 is 0 Å². The molecule has 2 atom stereocenters. The van der Waals surface area contributed by atoms with Crippen LogP contribution in [0.5, 0.6) is 0 Å². The maximum absolute atomic E-state index is 12.6. The largest absolute Gasteiger partial charge is 0.468 e. The standard InChI is InChI=1S/C20H22O4/c1-23-18(21)20(19(22)24-2)13-15(12-14-8-4-3-5-9-14)16-10-6-7-11-17(16)20/h3-6,8-10,12,16-17H,7,11,13H2,1-2H3/b15-12+/t16-,17-/m1/s1. The molecule has 0 unspecified atom stereocenters. The summed E-state index contributed by atoms with van der Waals surface area (Å²) in [5.74, 6) is -1.03. The SMILES string of the molecule is COC(=O)C1(C(=O)OC)C/C(=C\c2ccccc2)[C@H]2C=CCC[C@H]21. The minimum absolute atomic E-state index is 0.0668. The molecule has 0 N–H and O–H groups in total. The Morgan fingerprint density at radius 3 is 2.42 bits per heavy atom. The fraction of sp³-hybridized carbons (Fsp3) is 0.400. The minimum Gasteiger partial charge on any atom is -0.468 e. The summed E-state index contributed by atoms with van der Waals surface area (Å²) in [6.07, 6.45) is 8.32. The van der Waals surface area contributed by atoms with Crippen LogP contribution in [0.3, 0.4) is 0 Å². The molecule has 1 saturated carbocycles. The molecule has 0 aromatic heterocycles. The van der Waals surface area contributed by atoms with Crippen LogP contribution >= 0.6 is 0 Å². The number of benzene rings is 1. The molecule has 0 saturated heterocycles. The lowest BCUT2D eigenvalue weighted by atomic mass is 9.71. The lowest BCUT2D eigenvalue weighted by Crippen LogP contribution is -2.45. The molecule has 0 heterocycles. The van der Waals surface area contributed by atoms with Crippen LogP contribution in [0.4, 0.5) is 0 Å². The molecule has 4 nitrogen and oxygen atoms in total. The van der Waals surface area contributed by atoms with Gasteiger partial charge in [-0.2, -0.15) is 0 Å². The number of esters is 2. The van der Waals surface area contributed by atoms with Crippen molar-refractivity contribution in [1.29, 1.82) is 0 Å². The molecule has 0 aliphatic heterocycles. The van der Waals surface area contributed by atoms with Crippen molar-refractivity contribution < 1.29 is 19.1 Å². The van der Waals surface area contributed by atoms with Crippen LogP contribution in [0.25, 0.3) is 6.08 Å². The van der Waals surface area contributed by atoms with Gasteiger partial charge in [0, 0.05) is 5.92 Å². The number of hydrogen-bond donors (Lipinski definition) is 0. The third-order valence-corrected chi connectivity index (χ3v) is 5.22.